The minimum absolute atomic E-state index is 0.0191. The number of benzene rings is 2. The fourth-order valence-corrected chi connectivity index (χ4v) is 3.06. The third-order valence-electron chi connectivity index (χ3n) is 4.58. The normalized spacial score (nSPS) is 10.8. The molecule has 0 atom stereocenters. The summed E-state index contributed by atoms with van der Waals surface area (Å²) in [5.41, 5.74) is 3.29. The molecule has 4 rings (SSSR count). The number of carbonyl (C=O) groups excluding carboxylic acids is 1. The van der Waals surface area contributed by atoms with Gasteiger partial charge in [-0.25, -0.2) is 9.67 Å². The van der Waals surface area contributed by atoms with E-state index < -0.39 is 4.92 Å². The first kappa shape index (κ1) is 18.3. The Kier molecular flexibility index (Phi) is 4.74. The van der Waals surface area contributed by atoms with Crippen LogP contribution in [0.3, 0.4) is 0 Å². The molecule has 2 aromatic carbocycles. The van der Waals surface area contributed by atoms with Crippen LogP contribution in [0.15, 0.2) is 67.0 Å². The Hall–Kier alpha value is -4.07. The molecule has 2 heterocycles. The van der Waals surface area contributed by atoms with E-state index in [4.69, 9.17) is 0 Å². The van der Waals surface area contributed by atoms with Gasteiger partial charge in [0.25, 0.3) is 11.6 Å². The Morgan fingerprint density at radius 1 is 1.14 bits per heavy atom. The lowest BCUT2D eigenvalue weighted by atomic mass is 10.1. The number of nitrogens with zero attached hydrogens (tertiary/aromatic N) is 4. The molecule has 0 unspecified atom stereocenters. The largest absolute Gasteiger partial charge is 0.322 e. The monoisotopic (exact) mass is 387 g/mol. The summed E-state index contributed by atoms with van der Waals surface area (Å²) in [7, 11) is 0. The smallest absolute Gasteiger partial charge is 0.269 e. The predicted molar refractivity (Wildman–Crippen MR) is 109 cm³/mol. The Labute approximate surface area is 166 Å². The van der Waals surface area contributed by atoms with Gasteiger partial charge < -0.3 is 5.32 Å². The number of aromatic nitrogens is 3. The Morgan fingerprint density at radius 3 is 2.66 bits per heavy atom. The van der Waals surface area contributed by atoms with Crippen molar-refractivity contribution in [2.75, 3.05) is 5.32 Å². The van der Waals surface area contributed by atoms with Crippen molar-refractivity contribution < 1.29 is 9.72 Å². The van der Waals surface area contributed by atoms with Crippen LogP contribution in [0.25, 0.3) is 11.0 Å². The lowest BCUT2D eigenvalue weighted by Gasteiger charge is -2.08. The van der Waals surface area contributed by atoms with Gasteiger partial charge in [-0.2, -0.15) is 5.10 Å². The molecule has 0 aliphatic rings. The van der Waals surface area contributed by atoms with Crippen molar-refractivity contribution in [2.45, 2.75) is 13.5 Å². The van der Waals surface area contributed by atoms with E-state index in [1.54, 1.807) is 23.9 Å². The Balaban J connectivity index is 1.55. The van der Waals surface area contributed by atoms with Crippen molar-refractivity contribution in [1.29, 1.82) is 0 Å². The van der Waals surface area contributed by atoms with E-state index in [2.05, 4.69) is 15.4 Å². The number of nitro benzene ring substituents is 1. The molecule has 0 aliphatic heterocycles. The first-order valence-corrected chi connectivity index (χ1v) is 8.93. The van der Waals surface area contributed by atoms with Gasteiger partial charge in [0.05, 0.1) is 23.2 Å². The van der Waals surface area contributed by atoms with Gasteiger partial charge in [-0.15, -0.1) is 0 Å². The summed E-state index contributed by atoms with van der Waals surface area (Å²) in [5.74, 6) is -0.341. The molecule has 2 aromatic heterocycles. The number of fused-ring (bicyclic) bond motifs is 1. The number of hydrogen-bond donors (Lipinski definition) is 1. The third kappa shape index (κ3) is 3.81. The molecule has 0 aliphatic carbocycles. The number of rotatable bonds is 5. The zero-order chi connectivity index (χ0) is 20.4. The summed E-state index contributed by atoms with van der Waals surface area (Å²) in [6.45, 7) is 2.29. The van der Waals surface area contributed by atoms with E-state index in [0.29, 0.717) is 29.0 Å². The van der Waals surface area contributed by atoms with E-state index in [0.717, 1.165) is 10.9 Å². The fraction of sp³-hybridized carbons (Fsp3) is 0.0952. The van der Waals surface area contributed by atoms with Gasteiger partial charge >= 0.3 is 0 Å². The van der Waals surface area contributed by atoms with E-state index in [-0.39, 0.29) is 11.6 Å². The Morgan fingerprint density at radius 2 is 1.93 bits per heavy atom. The lowest BCUT2D eigenvalue weighted by Crippen LogP contribution is -2.13. The molecule has 0 spiro atoms. The van der Waals surface area contributed by atoms with Gasteiger partial charge in [0.1, 0.15) is 0 Å². The van der Waals surface area contributed by atoms with Crippen molar-refractivity contribution in [3.63, 3.8) is 0 Å². The average Bonchev–Trinajstić information content (AvgIpc) is 3.12. The van der Waals surface area contributed by atoms with E-state index in [1.165, 1.54) is 24.4 Å². The number of aryl methyl sites for hydroxylation is 1. The van der Waals surface area contributed by atoms with Crippen LogP contribution in [0.4, 0.5) is 11.4 Å². The Bertz CT molecular complexity index is 1220. The zero-order valence-corrected chi connectivity index (χ0v) is 15.6. The molecule has 29 heavy (non-hydrogen) atoms. The van der Waals surface area contributed by atoms with Crippen LogP contribution in [-0.2, 0) is 6.54 Å². The van der Waals surface area contributed by atoms with E-state index >= 15 is 0 Å². The number of pyridine rings is 1. The second-order valence-corrected chi connectivity index (χ2v) is 6.64. The van der Waals surface area contributed by atoms with Crippen LogP contribution in [0.1, 0.15) is 21.5 Å². The number of nitro groups is 1. The van der Waals surface area contributed by atoms with Crippen molar-refractivity contribution >= 4 is 28.3 Å². The molecule has 0 radical (unpaired) electrons. The van der Waals surface area contributed by atoms with Gasteiger partial charge in [0.2, 0.25) is 0 Å². The maximum atomic E-state index is 12.6. The number of non-ortho nitro benzene ring substituents is 1. The van der Waals surface area contributed by atoms with Crippen LogP contribution in [0, 0.1) is 17.0 Å². The maximum absolute atomic E-state index is 12.6. The third-order valence-corrected chi connectivity index (χ3v) is 4.58. The van der Waals surface area contributed by atoms with Crippen molar-refractivity contribution in [1.82, 2.24) is 14.8 Å². The lowest BCUT2D eigenvalue weighted by molar-refractivity contribution is -0.384. The minimum atomic E-state index is -0.469. The molecule has 144 valence electrons. The van der Waals surface area contributed by atoms with Gasteiger partial charge in [-0.05, 0) is 30.2 Å². The SMILES string of the molecule is Cc1cc([N+](=O)[O-])ccc1NC(=O)c1cnc2c(cnn2Cc2ccccc2)c1. The fourth-order valence-electron chi connectivity index (χ4n) is 3.06. The molecular weight excluding hydrogens is 370 g/mol. The van der Waals surface area contributed by atoms with Crippen LogP contribution in [0.2, 0.25) is 0 Å². The molecule has 0 saturated heterocycles. The summed E-state index contributed by atoms with van der Waals surface area (Å²) >= 11 is 0. The maximum Gasteiger partial charge on any atom is 0.269 e. The molecular formula is C21H17N5O3. The first-order chi connectivity index (χ1) is 14.0. The average molecular weight is 387 g/mol. The highest BCUT2D eigenvalue weighted by Gasteiger charge is 2.14. The quantitative estimate of drug-likeness (QED) is 0.413. The van der Waals surface area contributed by atoms with Crippen molar-refractivity contribution in [3.8, 4) is 0 Å². The molecule has 1 N–H and O–H groups in total. The zero-order valence-electron chi connectivity index (χ0n) is 15.6. The molecule has 0 saturated carbocycles. The first-order valence-electron chi connectivity index (χ1n) is 8.93. The highest BCUT2D eigenvalue weighted by molar-refractivity contribution is 6.06. The van der Waals surface area contributed by atoms with Crippen molar-refractivity contribution in [2.24, 2.45) is 0 Å². The molecule has 8 nitrogen and oxygen atoms in total. The molecule has 1 amide bonds. The summed E-state index contributed by atoms with van der Waals surface area (Å²) < 4.78 is 1.78. The minimum Gasteiger partial charge on any atom is -0.322 e. The van der Waals surface area contributed by atoms with Gasteiger partial charge in [0.15, 0.2) is 5.65 Å². The van der Waals surface area contributed by atoms with E-state index in [1.807, 2.05) is 30.3 Å². The van der Waals surface area contributed by atoms with Crippen LogP contribution >= 0.6 is 0 Å². The summed E-state index contributed by atoms with van der Waals surface area (Å²) in [4.78, 5) is 27.4. The second kappa shape index (κ2) is 7.51. The number of anilines is 1. The number of carbonyl (C=O) groups is 1. The van der Waals surface area contributed by atoms with Gasteiger partial charge in [0, 0.05) is 29.4 Å². The van der Waals surface area contributed by atoms with Crippen LogP contribution < -0.4 is 5.32 Å². The number of amides is 1. The highest BCUT2D eigenvalue weighted by Crippen LogP contribution is 2.22. The summed E-state index contributed by atoms with van der Waals surface area (Å²) in [6, 6.07) is 16.0. The van der Waals surface area contributed by atoms with Crippen LogP contribution in [0.5, 0.6) is 0 Å². The highest BCUT2D eigenvalue weighted by atomic mass is 16.6. The molecule has 8 heteroatoms. The van der Waals surface area contributed by atoms with Gasteiger partial charge in [-0.3, -0.25) is 14.9 Å². The second-order valence-electron chi connectivity index (χ2n) is 6.64. The summed E-state index contributed by atoms with van der Waals surface area (Å²) in [6.07, 6.45) is 3.18. The topological polar surface area (TPSA) is 103 Å². The molecule has 0 fully saturated rings. The molecule has 4 aromatic rings. The van der Waals surface area contributed by atoms with Crippen molar-refractivity contribution in [3.05, 3.63) is 93.8 Å². The predicted octanol–water partition coefficient (Wildman–Crippen LogP) is 3.95. The number of nitrogens with one attached hydrogen (secondary N) is 1. The van der Waals surface area contributed by atoms with E-state index in [9.17, 15) is 14.9 Å². The van der Waals surface area contributed by atoms with Gasteiger partial charge in [-0.1, -0.05) is 30.3 Å². The molecule has 0 bridgehead atoms. The van der Waals surface area contributed by atoms with Crippen LogP contribution in [-0.4, -0.2) is 25.6 Å². The standard InChI is InChI=1S/C21H17N5O3/c1-14-9-18(26(28)29)7-8-19(14)24-21(27)17-10-16-12-23-25(20(16)22-11-17)13-15-5-3-2-4-6-15/h2-12H,13H2,1H3,(H,24,27). The summed E-state index contributed by atoms with van der Waals surface area (Å²) in [5, 5.41) is 18.8. The number of hydrogen-bond acceptors (Lipinski definition) is 5.